The summed E-state index contributed by atoms with van der Waals surface area (Å²) >= 11 is -1.21. The number of amides is 1. The van der Waals surface area contributed by atoms with E-state index in [2.05, 4.69) is 9.71 Å². The van der Waals surface area contributed by atoms with Crippen LogP contribution in [-0.2, 0) is 11.4 Å². The second-order valence-corrected chi connectivity index (χ2v) is 8.00. The molecule has 1 atom stereocenters. The minimum atomic E-state index is -1.21. The van der Waals surface area contributed by atoms with E-state index in [1.807, 2.05) is 27.7 Å². The number of hydrogen-bond donors (Lipinski definition) is 2. The largest absolute Gasteiger partial charge is 0.591 e. The zero-order valence-corrected chi connectivity index (χ0v) is 12.9. The summed E-state index contributed by atoms with van der Waals surface area (Å²) in [6, 6.07) is 0.0506. The van der Waals surface area contributed by atoms with Crippen LogP contribution in [0.5, 0.6) is 0 Å². The van der Waals surface area contributed by atoms with Crippen molar-refractivity contribution >= 4 is 23.2 Å². The molecule has 0 saturated heterocycles. The van der Waals surface area contributed by atoms with Crippen molar-refractivity contribution in [3.63, 3.8) is 0 Å². The van der Waals surface area contributed by atoms with Crippen molar-refractivity contribution in [1.29, 1.82) is 0 Å². The first kappa shape index (κ1) is 16.3. The van der Waals surface area contributed by atoms with Crippen LogP contribution in [0.15, 0.2) is 4.40 Å². The highest BCUT2D eigenvalue weighted by atomic mass is 32.2. The van der Waals surface area contributed by atoms with Gasteiger partial charge in [0.15, 0.2) is 0 Å². The minimum Gasteiger partial charge on any atom is -0.591 e. The summed E-state index contributed by atoms with van der Waals surface area (Å²) in [5.74, 6) is 0.332. The smallest absolute Gasteiger partial charge is 0.404 e. The molecule has 1 fully saturated rings. The highest BCUT2D eigenvalue weighted by Gasteiger charge is 2.29. The molecule has 0 bridgehead atoms. The molecule has 1 unspecified atom stereocenters. The van der Waals surface area contributed by atoms with Crippen LogP contribution >= 0.6 is 0 Å². The third-order valence-corrected chi connectivity index (χ3v) is 4.90. The molecule has 0 aromatic carbocycles. The van der Waals surface area contributed by atoms with Crippen molar-refractivity contribution in [2.24, 2.45) is 10.3 Å². The molecule has 1 aliphatic rings. The van der Waals surface area contributed by atoms with E-state index < -0.39 is 17.5 Å². The molecule has 1 saturated carbocycles. The Morgan fingerprint density at radius 1 is 1.32 bits per heavy atom. The Morgan fingerprint density at radius 3 is 2.26 bits per heavy atom. The first-order valence-electron chi connectivity index (χ1n) is 6.67. The van der Waals surface area contributed by atoms with E-state index in [1.165, 1.54) is 0 Å². The maximum atomic E-state index is 12.0. The summed E-state index contributed by atoms with van der Waals surface area (Å²) in [4.78, 5) is 10.6. The molecule has 110 valence electrons. The van der Waals surface area contributed by atoms with Crippen molar-refractivity contribution in [3.05, 3.63) is 0 Å². The van der Waals surface area contributed by atoms with Crippen molar-refractivity contribution < 1.29 is 14.5 Å². The van der Waals surface area contributed by atoms with Crippen LogP contribution < -0.4 is 5.32 Å². The summed E-state index contributed by atoms with van der Waals surface area (Å²) in [6.45, 7) is 7.66. The summed E-state index contributed by atoms with van der Waals surface area (Å²) in [6.07, 6.45) is 2.50. The average Bonchev–Trinajstić information content (AvgIpc) is 2.27. The van der Waals surface area contributed by atoms with Gasteiger partial charge in [0, 0.05) is 12.0 Å². The van der Waals surface area contributed by atoms with Gasteiger partial charge in [0.1, 0.15) is 16.1 Å². The molecule has 1 amide bonds. The van der Waals surface area contributed by atoms with E-state index in [0.29, 0.717) is 5.92 Å². The Morgan fingerprint density at radius 2 is 1.84 bits per heavy atom. The molecular weight excluding hydrogens is 264 g/mol. The molecule has 0 spiro atoms. The van der Waals surface area contributed by atoms with Gasteiger partial charge in [-0.3, -0.25) is 0 Å². The first-order chi connectivity index (χ1) is 8.70. The normalized spacial score (nSPS) is 26.9. The first-order valence-corrected chi connectivity index (χ1v) is 7.77. The van der Waals surface area contributed by atoms with E-state index in [9.17, 15) is 9.35 Å². The fraction of sp³-hybridized carbons (Fsp3) is 0.846. The van der Waals surface area contributed by atoms with Gasteiger partial charge >= 0.3 is 6.09 Å². The van der Waals surface area contributed by atoms with Crippen LogP contribution in [0.1, 0.15) is 53.4 Å². The van der Waals surface area contributed by atoms with Gasteiger partial charge in [-0.1, -0.05) is 4.40 Å². The number of nitrogens with zero attached hydrogens (tertiary/aromatic N) is 1. The Bertz CT molecular complexity index is 344. The molecule has 0 aromatic heterocycles. The minimum absolute atomic E-state index is 0.0506. The lowest BCUT2D eigenvalue weighted by atomic mass is 9.84. The summed E-state index contributed by atoms with van der Waals surface area (Å²) in [5.41, 5.74) is 0.932. The van der Waals surface area contributed by atoms with Gasteiger partial charge in [-0.25, -0.2) is 4.79 Å². The predicted molar refractivity (Wildman–Crippen MR) is 77.9 cm³/mol. The lowest BCUT2D eigenvalue weighted by molar-refractivity contribution is 0.184. The highest BCUT2D eigenvalue weighted by molar-refractivity contribution is 7.91. The molecule has 0 radical (unpaired) electrons. The zero-order valence-electron chi connectivity index (χ0n) is 12.1. The second-order valence-electron chi connectivity index (χ2n) is 6.09. The third-order valence-electron chi connectivity index (χ3n) is 3.40. The summed E-state index contributed by atoms with van der Waals surface area (Å²) < 4.78 is 15.9. The van der Waals surface area contributed by atoms with Crippen LogP contribution in [0, 0.1) is 5.92 Å². The molecule has 0 aromatic rings. The maximum Gasteiger partial charge on any atom is 0.404 e. The molecule has 2 N–H and O–H groups in total. The summed E-state index contributed by atoms with van der Waals surface area (Å²) in [7, 11) is 0. The van der Waals surface area contributed by atoms with E-state index in [0.717, 1.165) is 31.4 Å². The van der Waals surface area contributed by atoms with E-state index >= 15 is 0 Å². The number of carboxylic acid groups (broad SMARTS) is 1. The van der Waals surface area contributed by atoms with E-state index in [1.54, 1.807) is 0 Å². The quantitative estimate of drug-likeness (QED) is 0.618. The molecule has 1 rings (SSSR count). The Kier molecular flexibility index (Phi) is 5.67. The summed E-state index contributed by atoms with van der Waals surface area (Å²) in [5, 5.41) is 11.2. The van der Waals surface area contributed by atoms with Gasteiger partial charge in [-0.2, -0.15) is 0 Å². The van der Waals surface area contributed by atoms with Gasteiger partial charge in [0.25, 0.3) is 0 Å². The molecule has 0 heterocycles. The second kappa shape index (κ2) is 6.61. The van der Waals surface area contributed by atoms with Crippen LogP contribution in [-0.4, -0.2) is 32.3 Å². The van der Waals surface area contributed by atoms with Crippen molar-refractivity contribution in [2.75, 3.05) is 0 Å². The Labute approximate surface area is 118 Å². The van der Waals surface area contributed by atoms with E-state index in [-0.39, 0.29) is 10.8 Å². The predicted octanol–water partition coefficient (Wildman–Crippen LogP) is 2.74. The van der Waals surface area contributed by atoms with Crippen LogP contribution in [0.25, 0.3) is 0 Å². The van der Waals surface area contributed by atoms with Crippen molar-refractivity contribution in [1.82, 2.24) is 5.32 Å². The fourth-order valence-electron chi connectivity index (χ4n) is 2.17. The zero-order chi connectivity index (χ0) is 14.6. The number of carbonyl (C=O) groups is 1. The fourth-order valence-corrected chi connectivity index (χ4v) is 2.86. The molecule has 19 heavy (non-hydrogen) atoms. The average molecular weight is 288 g/mol. The molecule has 6 heteroatoms. The van der Waals surface area contributed by atoms with Gasteiger partial charge in [-0.15, -0.1) is 0 Å². The van der Waals surface area contributed by atoms with Gasteiger partial charge in [0.2, 0.25) is 0 Å². The van der Waals surface area contributed by atoms with Gasteiger partial charge < -0.3 is 15.0 Å². The monoisotopic (exact) mass is 288 g/mol. The Hall–Kier alpha value is -0.750. The molecular formula is C13H24N2O3S. The number of hydrogen-bond acceptors (Lipinski definition) is 3. The van der Waals surface area contributed by atoms with Crippen molar-refractivity contribution in [2.45, 2.75) is 64.2 Å². The van der Waals surface area contributed by atoms with Gasteiger partial charge in [0.05, 0.1) is 5.71 Å². The lowest BCUT2D eigenvalue weighted by Gasteiger charge is -2.28. The standard InChI is InChI=1S/C13H24N2O3S/c1-9(15-19(18)13(2,3)4)10-5-7-11(8-6-10)14-12(16)17/h10-11,14H,5-8H2,1-4H3,(H,16,17)/b15-9+. The highest BCUT2D eigenvalue weighted by Crippen LogP contribution is 2.27. The lowest BCUT2D eigenvalue weighted by Crippen LogP contribution is -2.37. The van der Waals surface area contributed by atoms with Crippen LogP contribution in [0.4, 0.5) is 4.79 Å². The topological polar surface area (TPSA) is 84.8 Å². The third kappa shape index (κ3) is 5.40. The van der Waals surface area contributed by atoms with Crippen molar-refractivity contribution in [3.8, 4) is 0 Å². The molecule has 0 aliphatic heterocycles. The van der Waals surface area contributed by atoms with E-state index in [4.69, 9.17) is 5.11 Å². The SMILES string of the molecule is C/C(=N\[S+]([O-])C(C)(C)C)C1CCC(NC(=O)O)CC1. The number of rotatable bonds is 3. The number of nitrogens with one attached hydrogen (secondary N) is 1. The Balaban J connectivity index is 2.51. The van der Waals surface area contributed by atoms with Crippen LogP contribution in [0.3, 0.4) is 0 Å². The molecule has 1 aliphatic carbocycles. The van der Waals surface area contributed by atoms with Gasteiger partial charge in [-0.05, 0) is 53.4 Å². The maximum absolute atomic E-state index is 12.0. The van der Waals surface area contributed by atoms with Crippen LogP contribution in [0.2, 0.25) is 0 Å². The molecule has 5 nitrogen and oxygen atoms in total.